The van der Waals surface area contributed by atoms with E-state index >= 15 is 0 Å². The van der Waals surface area contributed by atoms with Crippen LogP contribution in [0.3, 0.4) is 0 Å². The number of aliphatic hydroxyl groups is 1. The molecule has 0 spiro atoms. The first kappa shape index (κ1) is 23.8. The van der Waals surface area contributed by atoms with E-state index in [0.717, 1.165) is 22.2 Å². The highest BCUT2D eigenvalue weighted by atomic mass is 35.5. The SMILES string of the molecule is CN1C(=Nc2ccc3ncnc(Nc4ccc(COc5cccc(F)c5)c(Cl)c4)c3c2)OCC1CO. The first-order valence-corrected chi connectivity index (χ1v) is 11.6. The standard InChI is InChI=1S/C26H23ClFN5O3/c1-33-20(12-34)14-36-26(33)32-18-7-8-24-22(10-18)25(30-15-29-24)31-19-6-5-16(23(27)11-19)13-35-21-4-2-3-17(28)9-21/h2-11,15,20,34H,12-14H2,1H3,(H,29,30,31). The average molecular weight is 508 g/mol. The van der Waals surface area contributed by atoms with Gasteiger partial charge in [0.15, 0.2) is 0 Å². The minimum Gasteiger partial charge on any atom is -0.489 e. The summed E-state index contributed by atoms with van der Waals surface area (Å²) in [4.78, 5) is 15.1. The third-order valence-corrected chi connectivity index (χ3v) is 6.17. The molecule has 1 atom stereocenters. The van der Waals surface area contributed by atoms with Crippen LogP contribution in [-0.4, -0.2) is 52.3 Å². The summed E-state index contributed by atoms with van der Waals surface area (Å²) in [5.41, 5.74) is 2.91. The molecular weight excluding hydrogens is 485 g/mol. The summed E-state index contributed by atoms with van der Waals surface area (Å²) in [6.45, 7) is 0.586. The molecule has 184 valence electrons. The summed E-state index contributed by atoms with van der Waals surface area (Å²) >= 11 is 6.49. The number of nitrogens with zero attached hydrogens (tertiary/aromatic N) is 4. The predicted molar refractivity (Wildman–Crippen MR) is 137 cm³/mol. The van der Waals surface area contributed by atoms with Gasteiger partial charge >= 0.3 is 0 Å². The van der Waals surface area contributed by atoms with E-state index in [2.05, 4.69) is 20.3 Å². The Bertz CT molecular complexity index is 1430. The van der Waals surface area contributed by atoms with Crippen molar-refractivity contribution in [1.29, 1.82) is 0 Å². The maximum absolute atomic E-state index is 13.4. The minimum absolute atomic E-state index is 0.00652. The van der Waals surface area contributed by atoms with Gasteiger partial charge in [0, 0.05) is 34.8 Å². The van der Waals surface area contributed by atoms with E-state index < -0.39 is 0 Å². The molecule has 0 aliphatic carbocycles. The second-order valence-electron chi connectivity index (χ2n) is 8.25. The van der Waals surface area contributed by atoms with Crippen molar-refractivity contribution < 1.29 is 19.0 Å². The lowest BCUT2D eigenvalue weighted by molar-refractivity contribution is 0.197. The van der Waals surface area contributed by atoms with Gasteiger partial charge in [-0.2, -0.15) is 4.99 Å². The number of amidine groups is 1. The second-order valence-corrected chi connectivity index (χ2v) is 8.66. The van der Waals surface area contributed by atoms with Gasteiger partial charge in [0.25, 0.3) is 6.02 Å². The van der Waals surface area contributed by atoms with Gasteiger partial charge in [0.05, 0.1) is 23.9 Å². The highest BCUT2D eigenvalue weighted by Crippen LogP contribution is 2.30. The Morgan fingerprint density at radius 1 is 1.19 bits per heavy atom. The highest BCUT2D eigenvalue weighted by molar-refractivity contribution is 6.31. The van der Waals surface area contributed by atoms with Crippen molar-refractivity contribution in [2.45, 2.75) is 12.6 Å². The molecular formula is C26H23ClFN5O3. The first-order chi connectivity index (χ1) is 17.5. The van der Waals surface area contributed by atoms with Gasteiger partial charge in [-0.1, -0.05) is 23.7 Å². The molecule has 1 unspecified atom stereocenters. The van der Waals surface area contributed by atoms with Crippen LogP contribution >= 0.6 is 11.6 Å². The molecule has 1 fully saturated rings. The topological polar surface area (TPSA) is 92.1 Å². The number of rotatable bonds is 7. The molecule has 0 bridgehead atoms. The molecule has 2 heterocycles. The van der Waals surface area contributed by atoms with Crippen molar-refractivity contribution in [1.82, 2.24) is 14.9 Å². The number of hydrogen-bond acceptors (Lipinski definition) is 7. The normalized spacial score (nSPS) is 16.4. The van der Waals surface area contributed by atoms with Crippen molar-refractivity contribution in [3.8, 4) is 5.75 Å². The average Bonchev–Trinajstić information content (AvgIpc) is 3.23. The number of aliphatic imine (C=N–C) groups is 1. The Kier molecular flexibility index (Phi) is 6.84. The number of benzene rings is 3. The number of fused-ring (bicyclic) bond motifs is 1. The number of likely N-dealkylation sites (N-methyl/N-ethyl adjacent to an activating group) is 1. The van der Waals surface area contributed by atoms with Gasteiger partial charge < -0.3 is 24.8 Å². The van der Waals surface area contributed by atoms with Crippen molar-refractivity contribution in [3.05, 3.63) is 83.4 Å². The molecule has 1 aliphatic rings. The second kappa shape index (κ2) is 10.3. The first-order valence-electron chi connectivity index (χ1n) is 11.2. The zero-order valence-electron chi connectivity index (χ0n) is 19.4. The lowest BCUT2D eigenvalue weighted by atomic mass is 10.2. The van der Waals surface area contributed by atoms with Crippen LogP contribution in [0.25, 0.3) is 10.9 Å². The highest BCUT2D eigenvalue weighted by Gasteiger charge is 2.27. The summed E-state index contributed by atoms with van der Waals surface area (Å²) in [5, 5.41) is 14.0. The van der Waals surface area contributed by atoms with E-state index in [9.17, 15) is 9.50 Å². The van der Waals surface area contributed by atoms with E-state index in [1.165, 1.54) is 18.5 Å². The minimum atomic E-state index is -0.359. The third-order valence-electron chi connectivity index (χ3n) is 5.81. The van der Waals surface area contributed by atoms with E-state index in [0.29, 0.717) is 34.9 Å². The number of halogens is 2. The zero-order chi connectivity index (χ0) is 25.1. The fraction of sp³-hybridized carbons (Fsp3) is 0.192. The summed E-state index contributed by atoms with van der Waals surface area (Å²) in [5.74, 6) is 0.666. The molecule has 0 amide bonds. The molecule has 36 heavy (non-hydrogen) atoms. The molecule has 5 rings (SSSR count). The number of hydrogen-bond donors (Lipinski definition) is 2. The summed E-state index contributed by atoms with van der Waals surface area (Å²) in [6.07, 6.45) is 1.48. The van der Waals surface area contributed by atoms with Crippen LogP contribution < -0.4 is 10.1 Å². The largest absolute Gasteiger partial charge is 0.489 e. The van der Waals surface area contributed by atoms with Gasteiger partial charge in [-0.05, 0) is 42.5 Å². The Morgan fingerprint density at radius 3 is 2.86 bits per heavy atom. The Hall–Kier alpha value is -3.95. The van der Waals surface area contributed by atoms with Crippen molar-refractivity contribution in [2.75, 3.05) is 25.6 Å². The van der Waals surface area contributed by atoms with E-state index in [4.69, 9.17) is 21.1 Å². The fourth-order valence-corrected chi connectivity index (χ4v) is 3.98. The lowest BCUT2D eigenvalue weighted by Crippen LogP contribution is -2.32. The molecule has 1 aliphatic heterocycles. The maximum atomic E-state index is 13.4. The van der Waals surface area contributed by atoms with E-state index in [-0.39, 0.29) is 25.1 Å². The van der Waals surface area contributed by atoms with Crippen LogP contribution in [0.1, 0.15) is 5.56 Å². The number of ether oxygens (including phenoxy) is 2. The van der Waals surface area contributed by atoms with Gasteiger partial charge in [-0.3, -0.25) is 0 Å². The molecule has 1 aromatic heterocycles. The van der Waals surface area contributed by atoms with E-state index in [1.54, 1.807) is 18.2 Å². The van der Waals surface area contributed by atoms with Crippen LogP contribution in [0.4, 0.5) is 21.6 Å². The van der Waals surface area contributed by atoms with E-state index in [1.807, 2.05) is 42.3 Å². The monoisotopic (exact) mass is 507 g/mol. The smallest absolute Gasteiger partial charge is 0.292 e. The van der Waals surface area contributed by atoms with Gasteiger partial charge in [0.1, 0.15) is 36.9 Å². The quantitative estimate of drug-likeness (QED) is 0.361. The zero-order valence-corrected chi connectivity index (χ0v) is 20.1. The third kappa shape index (κ3) is 5.17. The number of anilines is 2. The maximum Gasteiger partial charge on any atom is 0.292 e. The van der Waals surface area contributed by atoms with Crippen molar-refractivity contribution in [2.24, 2.45) is 4.99 Å². The fourth-order valence-electron chi connectivity index (χ4n) is 3.75. The van der Waals surface area contributed by atoms with Crippen LogP contribution in [0.15, 0.2) is 72.0 Å². The predicted octanol–water partition coefficient (Wildman–Crippen LogP) is 5.06. The molecule has 2 N–H and O–H groups in total. The molecule has 1 saturated heterocycles. The van der Waals surface area contributed by atoms with Gasteiger partial charge in [-0.25, -0.2) is 14.4 Å². The van der Waals surface area contributed by atoms with Gasteiger partial charge in [0.2, 0.25) is 0 Å². The molecule has 4 aromatic rings. The van der Waals surface area contributed by atoms with Crippen molar-refractivity contribution in [3.63, 3.8) is 0 Å². The number of aliphatic hydroxyl groups excluding tert-OH is 1. The molecule has 8 nitrogen and oxygen atoms in total. The van der Waals surface area contributed by atoms with Crippen molar-refractivity contribution >= 4 is 45.7 Å². The van der Waals surface area contributed by atoms with Crippen LogP contribution in [0, 0.1) is 5.82 Å². The number of aromatic nitrogens is 2. The molecule has 10 heteroatoms. The molecule has 3 aromatic carbocycles. The molecule has 0 saturated carbocycles. The summed E-state index contributed by atoms with van der Waals surface area (Å²) in [6, 6.07) is 17.4. The van der Waals surface area contributed by atoms with Crippen LogP contribution in [0.5, 0.6) is 5.75 Å². The summed E-state index contributed by atoms with van der Waals surface area (Å²) in [7, 11) is 1.83. The van der Waals surface area contributed by atoms with Crippen LogP contribution in [0.2, 0.25) is 5.02 Å². The van der Waals surface area contributed by atoms with Gasteiger partial charge in [-0.15, -0.1) is 0 Å². The van der Waals surface area contributed by atoms with Crippen LogP contribution in [-0.2, 0) is 11.3 Å². The Labute approximate surface area is 212 Å². The summed E-state index contributed by atoms with van der Waals surface area (Å²) < 4.78 is 24.6. The lowest BCUT2D eigenvalue weighted by Gasteiger charge is -2.15. The molecule has 0 radical (unpaired) electrons. The Morgan fingerprint density at radius 2 is 2.08 bits per heavy atom. The Balaban J connectivity index is 1.35. The number of nitrogens with one attached hydrogen (secondary N) is 1.